The van der Waals surface area contributed by atoms with Gasteiger partial charge in [0.1, 0.15) is 0 Å². The lowest BCUT2D eigenvalue weighted by atomic mass is 9.86. The highest BCUT2D eigenvalue weighted by atomic mass is 32.2. The van der Waals surface area contributed by atoms with Gasteiger partial charge in [-0.2, -0.15) is 0 Å². The predicted octanol–water partition coefficient (Wildman–Crippen LogP) is 3.58. The van der Waals surface area contributed by atoms with Gasteiger partial charge in [-0.25, -0.2) is 0 Å². The van der Waals surface area contributed by atoms with E-state index >= 15 is 0 Å². The molecule has 0 bridgehead atoms. The second-order valence-corrected chi connectivity index (χ2v) is 5.40. The van der Waals surface area contributed by atoms with Crippen LogP contribution in [0, 0.1) is 5.41 Å². The summed E-state index contributed by atoms with van der Waals surface area (Å²) in [5.41, 5.74) is 0.0990. The number of aliphatic hydroxyl groups is 1. The largest absolute Gasteiger partial charge is 0.396 e. The van der Waals surface area contributed by atoms with Crippen molar-refractivity contribution >= 4 is 11.8 Å². The molecule has 2 heteroatoms. The lowest BCUT2D eigenvalue weighted by Gasteiger charge is -2.25. The van der Waals surface area contributed by atoms with Gasteiger partial charge < -0.3 is 5.11 Å². The molecule has 1 aromatic carbocycles. The molecule has 0 aliphatic rings. The van der Waals surface area contributed by atoms with Crippen LogP contribution >= 0.6 is 11.8 Å². The van der Waals surface area contributed by atoms with Gasteiger partial charge >= 0.3 is 0 Å². The number of aliphatic hydroxyl groups excluding tert-OH is 1. The van der Waals surface area contributed by atoms with E-state index in [9.17, 15) is 5.11 Å². The van der Waals surface area contributed by atoms with Gasteiger partial charge in [0.25, 0.3) is 0 Å². The van der Waals surface area contributed by atoms with E-state index in [2.05, 4.69) is 38.1 Å². The van der Waals surface area contributed by atoms with Crippen molar-refractivity contribution in [1.82, 2.24) is 0 Å². The van der Waals surface area contributed by atoms with E-state index < -0.39 is 0 Å². The number of hydrogen-bond donors (Lipinski definition) is 1. The highest BCUT2D eigenvalue weighted by Crippen LogP contribution is 2.29. The third-order valence-corrected chi connectivity index (χ3v) is 3.97. The SMILES string of the molecule is CCC(C)(CO)CCSc1ccccc1. The zero-order chi connectivity index (χ0) is 11.1. The Balaban J connectivity index is 2.33. The van der Waals surface area contributed by atoms with Crippen LogP contribution in [-0.4, -0.2) is 17.5 Å². The van der Waals surface area contributed by atoms with E-state index in [0.29, 0.717) is 6.61 Å². The minimum Gasteiger partial charge on any atom is -0.396 e. The van der Waals surface area contributed by atoms with Crippen molar-refractivity contribution in [3.05, 3.63) is 30.3 Å². The molecule has 15 heavy (non-hydrogen) atoms. The third kappa shape index (κ3) is 4.27. The Morgan fingerprint density at radius 3 is 2.47 bits per heavy atom. The second kappa shape index (κ2) is 6.19. The first kappa shape index (κ1) is 12.6. The molecule has 0 saturated carbocycles. The summed E-state index contributed by atoms with van der Waals surface area (Å²) >= 11 is 1.87. The van der Waals surface area contributed by atoms with Crippen molar-refractivity contribution in [2.75, 3.05) is 12.4 Å². The Morgan fingerprint density at radius 1 is 1.27 bits per heavy atom. The first-order chi connectivity index (χ1) is 7.20. The van der Waals surface area contributed by atoms with Gasteiger partial charge in [0, 0.05) is 11.5 Å². The Morgan fingerprint density at radius 2 is 1.93 bits per heavy atom. The Hall–Kier alpha value is -0.470. The zero-order valence-corrected chi connectivity index (χ0v) is 10.4. The second-order valence-electron chi connectivity index (χ2n) is 4.23. The van der Waals surface area contributed by atoms with Crippen molar-refractivity contribution < 1.29 is 5.11 Å². The molecule has 0 heterocycles. The van der Waals surface area contributed by atoms with E-state index in [1.165, 1.54) is 4.90 Å². The van der Waals surface area contributed by atoms with Crippen LogP contribution in [0.4, 0.5) is 0 Å². The van der Waals surface area contributed by atoms with Gasteiger partial charge in [-0.05, 0) is 36.1 Å². The molecule has 1 unspecified atom stereocenters. The van der Waals surface area contributed by atoms with E-state index in [-0.39, 0.29) is 5.41 Å². The maximum absolute atomic E-state index is 9.27. The maximum Gasteiger partial charge on any atom is 0.0484 e. The molecule has 0 aliphatic heterocycles. The fourth-order valence-corrected chi connectivity index (χ4v) is 2.48. The number of thioether (sulfide) groups is 1. The van der Waals surface area contributed by atoms with E-state index in [1.54, 1.807) is 0 Å². The van der Waals surface area contributed by atoms with Gasteiger partial charge in [-0.15, -0.1) is 11.8 Å². The molecule has 1 rings (SSSR count). The standard InChI is InChI=1S/C13H20OS/c1-3-13(2,11-14)9-10-15-12-7-5-4-6-8-12/h4-8,14H,3,9-11H2,1-2H3. The van der Waals surface area contributed by atoms with Gasteiger partial charge in [-0.1, -0.05) is 32.0 Å². The summed E-state index contributed by atoms with van der Waals surface area (Å²) in [5.74, 6) is 1.08. The van der Waals surface area contributed by atoms with E-state index in [0.717, 1.165) is 18.6 Å². The highest BCUT2D eigenvalue weighted by molar-refractivity contribution is 7.99. The maximum atomic E-state index is 9.27. The van der Waals surface area contributed by atoms with Crippen LogP contribution in [0.3, 0.4) is 0 Å². The Kier molecular flexibility index (Phi) is 5.20. The van der Waals surface area contributed by atoms with Gasteiger partial charge in [0.05, 0.1) is 0 Å². The molecule has 1 N–H and O–H groups in total. The molecule has 84 valence electrons. The van der Waals surface area contributed by atoms with Gasteiger partial charge in [0.15, 0.2) is 0 Å². The van der Waals surface area contributed by atoms with Crippen LogP contribution in [0.1, 0.15) is 26.7 Å². The summed E-state index contributed by atoms with van der Waals surface area (Å²) in [4.78, 5) is 1.31. The Labute approximate surface area is 96.9 Å². The lowest BCUT2D eigenvalue weighted by molar-refractivity contribution is 0.135. The quantitative estimate of drug-likeness (QED) is 0.745. The predicted molar refractivity (Wildman–Crippen MR) is 67.3 cm³/mol. The summed E-state index contributed by atoms with van der Waals surface area (Å²) in [6.07, 6.45) is 2.11. The Bertz CT molecular complexity index is 267. The lowest BCUT2D eigenvalue weighted by Crippen LogP contribution is -2.20. The molecule has 1 nitrogen and oxygen atoms in total. The average molecular weight is 224 g/mol. The van der Waals surface area contributed by atoms with E-state index in [1.807, 2.05) is 17.8 Å². The number of rotatable bonds is 6. The fourth-order valence-electron chi connectivity index (χ4n) is 1.30. The molecular formula is C13H20OS. The average Bonchev–Trinajstić information content (AvgIpc) is 2.30. The molecule has 0 fully saturated rings. The van der Waals surface area contributed by atoms with Crippen molar-refractivity contribution in [3.8, 4) is 0 Å². The molecule has 0 aromatic heterocycles. The first-order valence-corrected chi connectivity index (χ1v) is 6.47. The van der Waals surface area contributed by atoms with Crippen molar-refractivity contribution in [2.45, 2.75) is 31.6 Å². The van der Waals surface area contributed by atoms with Crippen LogP contribution in [0.25, 0.3) is 0 Å². The summed E-state index contributed by atoms with van der Waals surface area (Å²) in [5, 5.41) is 9.27. The smallest absolute Gasteiger partial charge is 0.0484 e. The fraction of sp³-hybridized carbons (Fsp3) is 0.538. The van der Waals surface area contributed by atoms with Crippen molar-refractivity contribution in [3.63, 3.8) is 0 Å². The van der Waals surface area contributed by atoms with Gasteiger partial charge in [0.2, 0.25) is 0 Å². The van der Waals surface area contributed by atoms with Crippen molar-refractivity contribution in [1.29, 1.82) is 0 Å². The molecule has 0 amide bonds. The minimum atomic E-state index is 0.0990. The van der Waals surface area contributed by atoms with E-state index in [4.69, 9.17) is 0 Å². The normalized spacial score (nSPS) is 14.9. The topological polar surface area (TPSA) is 20.2 Å². The minimum absolute atomic E-state index is 0.0990. The summed E-state index contributed by atoms with van der Waals surface area (Å²) < 4.78 is 0. The van der Waals surface area contributed by atoms with Crippen LogP contribution in [0.5, 0.6) is 0 Å². The third-order valence-electron chi connectivity index (χ3n) is 2.95. The molecule has 0 spiro atoms. The molecule has 0 radical (unpaired) electrons. The highest BCUT2D eigenvalue weighted by Gasteiger charge is 2.20. The van der Waals surface area contributed by atoms with Crippen LogP contribution in [0.2, 0.25) is 0 Å². The monoisotopic (exact) mass is 224 g/mol. The summed E-state index contributed by atoms with van der Waals surface area (Å²) in [6.45, 7) is 4.58. The molecule has 0 saturated heterocycles. The van der Waals surface area contributed by atoms with Gasteiger partial charge in [-0.3, -0.25) is 0 Å². The number of benzene rings is 1. The molecule has 0 aliphatic carbocycles. The first-order valence-electron chi connectivity index (χ1n) is 5.49. The summed E-state index contributed by atoms with van der Waals surface area (Å²) in [6, 6.07) is 10.4. The van der Waals surface area contributed by atoms with Crippen LogP contribution in [0.15, 0.2) is 35.2 Å². The molecule has 1 aromatic rings. The molecule has 1 atom stereocenters. The summed E-state index contributed by atoms with van der Waals surface area (Å²) in [7, 11) is 0. The van der Waals surface area contributed by atoms with Crippen LogP contribution < -0.4 is 0 Å². The van der Waals surface area contributed by atoms with Crippen LogP contribution in [-0.2, 0) is 0 Å². The molecular weight excluding hydrogens is 204 g/mol. The number of hydrogen-bond acceptors (Lipinski definition) is 2. The van der Waals surface area contributed by atoms with Crippen molar-refractivity contribution in [2.24, 2.45) is 5.41 Å². The zero-order valence-electron chi connectivity index (χ0n) is 9.57.